The summed E-state index contributed by atoms with van der Waals surface area (Å²) in [6, 6.07) is 0.833. The van der Waals surface area contributed by atoms with Crippen LogP contribution in [0.15, 0.2) is 0 Å². The molecule has 1 rings (SSSR count). The lowest BCUT2D eigenvalue weighted by atomic mass is 9.98. The molecule has 0 spiro atoms. The van der Waals surface area contributed by atoms with Crippen molar-refractivity contribution < 1.29 is 5.11 Å². The van der Waals surface area contributed by atoms with Gasteiger partial charge in [0, 0.05) is 18.1 Å². The molecule has 1 fully saturated rings. The van der Waals surface area contributed by atoms with Crippen molar-refractivity contribution in [2.45, 2.75) is 58.0 Å². The summed E-state index contributed by atoms with van der Waals surface area (Å²) >= 11 is 0. The van der Waals surface area contributed by atoms with Crippen molar-refractivity contribution in [3.05, 3.63) is 0 Å². The van der Waals surface area contributed by atoms with Gasteiger partial charge in [-0.15, -0.1) is 0 Å². The lowest BCUT2D eigenvalue weighted by Gasteiger charge is -2.31. The van der Waals surface area contributed by atoms with Gasteiger partial charge >= 0.3 is 0 Å². The van der Waals surface area contributed by atoms with Gasteiger partial charge in [0.15, 0.2) is 0 Å². The highest BCUT2D eigenvalue weighted by Gasteiger charge is 2.30. The summed E-state index contributed by atoms with van der Waals surface area (Å²) in [6.45, 7) is 9.99. The molecule has 0 heterocycles. The Morgan fingerprint density at radius 2 is 2.06 bits per heavy atom. The second kappa shape index (κ2) is 6.58. The van der Waals surface area contributed by atoms with E-state index in [1.165, 1.54) is 12.8 Å². The first-order valence-corrected chi connectivity index (χ1v) is 6.75. The van der Waals surface area contributed by atoms with Gasteiger partial charge in [0.2, 0.25) is 0 Å². The summed E-state index contributed by atoms with van der Waals surface area (Å²) in [5.74, 6) is 0. The second-order valence-corrected chi connectivity index (χ2v) is 5.26. The van der Waals surface area contributed by atoms with E-state index in [9.17, 15) is 5.11 Å². The third kappa shape index (κ3) is 4.40. The highest BCUT2D eigenvalue weighted by molar-refractivity contribution is 4.88. The van der Waals surface area contributed by atoms with Crippen molar-refractivity contribution in [1.82, 2.24) is 10.2 Å². The average Bonchev–Trinajstić information content (AvgIpc) is 3.11. The van der Waals surface area contributed by atoms with Crippen LogP contribution < -0.4 is 5.32 Å². The summed E-state index contributed by atoms with van der Waals surface area (Å²) in [6.07, 6.45) is 4.89. The van der Waals surface area contributed by atoms with E-state index in [1.54, 1.807) is 0 Å². The van der Waals surface area contributed by atoms with Gasteiger partial charge in [0.05, 0.1) is 6.61 Å². The Hall–Kier alpha value is -0.120. The maximum atomic E-state index is 9.47. The molecule has 1 aliphatic rings. The third-order valence-electron chi connectivity index (χ3n) is 3.57. The Morgan fingerprint density at radius 1 is 1.38 bits per heavy atom. The Kier molecular flexibility index (Phi) is 5.73. The molecule has 1 unspecified atom stereocenters. The van der Waals surface area contributed by atoms with Gasteiger partial charge in [-0.25, -0.2) is 0 Å². The van der Waals surface area contributed by atoms with Crippen LogP contribution in [0.25, 0.3) is 0 Å². The number of aliphatic hydroxyl groups excluding tert-OH is 1. The highest BCUT2D eigenvalue weighted by atomic mass is 16.3. The summed E-state index contributed by atoms with van der Waals surface area (Å²) in [5, 5.41) is 12.9. The van der Waals surface area contributed by atoms with Crippen LogP contribution in [0.1, 0.15) is 46.5 Å². The molecule has 16 heavy (non-hydrogen) atoms. The van der Waals surface area contributed by atoms with Crippen molar-refractivity contribution in [2.75, 3.05) is 26.2 Å². The normalized spacial score (nSPS) is 20.1. The molecule has 0 aliphatic heterocycles. The van der Waals surface area contributed by atoms with E-state index >= 15 is 0 Å². The summed E-state index contributed by atoms with van der Waals surface area (Å²) in [4.78, 5) is 2.54. The molecular formula is C13H28N2O. The number of hydrogen-bond donors (Lipinski definition) is 2. The maximum absolute atomic E-state index is 9.47. The molecule has 1 saturated carbocycles. The van der Waals surface area contributed by atoms with E-state index in [0.29, 0.717) is 0 Å². The van der Waals surface area contributed by atoms with Gasteiger partial charge in [-0.05, 0) is 45.7 Å². The van der Waals surface area contributed by atoms with Gasteiger partial charge in [-0.3, -0.25) is 0 Å². The first-order valence-electron chi connectivity index (χ1n) is 6.75. The molecule has 0 saturated heterocycles. The Bertz CT molecular complexity index is 194. The molecular weight excluding hydrogens is 200 g/mol. The Morgan fingerprint density at radius 3 is 2.50 bits per heavy atom. The Balaban J connectivity index is 2.30. The van der Waals surface area contributed by atoms with Gasteiger partial charge in [0.25, 0.3) is 0 Å². The molecule has 2 N–H and O–H groups in total. The van der Waals surface area contributed by atoms with Crippen LogP contribution in [0, 0.1) is 0 Å². The number of rotatable bonds is 9. The predicted molar refractivity (Wildman–Crippen MR) is 68.7 cm³/mol. The van der Waals surface area contributed by atoms with Gasteiger partial charge in [0.1, 0.15) is 0 Å². The largest absolute Gasteiger partial charge is 0.394 e. The minimum atomic E-state index is -0.0989. The highest BCUT2D eigenvalue weighted by Crippen LogP contribution is 2.27. The number of aliphatic hydroxyl groups is 1. The lowest BCUT2D eigenvalue weighted by Crippen LogP contribution is -2.48. The van der Waals surface area contributed by atoms with Crippen LogP contribution in [0.4, 0.5) is 0 Å². The smallest absolute Gasteiger partial charge is 0.0611 e. The molecule has 0 radical (unpaired) electrons. The molecule has 0 bridgehead atoms. The van der Waals surface area contributed by atoms with Crippen LogP contribution in [-0.4, -0.2) is 47.8 Å². The molecule has 3 heteroatoms. The quantitative estimate of drug-likeness (QED) is 0.629. The second-order valence-electron chi connectivity index (χ2n) is 5.26. The number of hydrogen-bond acceptors (Lipinski definition) is 3. The van der Waals surface area contributed by atoms with Crippen molar-refractivity contribution in [3.8, 4) is 0 Å². The van der Waals surface area contributed by atoms with Crippen LogP contribution >= 0.6 is 0 Å². The molecule has 0 aromatic carbocycles. The van der Waals surface area contributed by atoms with Crippen molar-refractivity contribution in [2.24, 2.45) is 0 Å². The van der Waals surface area contributed by atoms with Gasteiger partial charge in [-0.2, -0.15) is 0 Å². The summed E-state index contributed by atoms with van der Waals surface area (Å²) < 4.78 is 0. The molecule has 0 aromatic rings. The number of nitrogens with one attached hydrogen (secondary N) is 1. The molecule has 0 amide bonds. The zero-order valence-electron chi connectivity index (χ0n) is 11.1. The van der Waals surface area contributed by atoms with E-state index in [4.69, 9.17) is 0 Å². The molecule has 1 atom stereocenters. The minimum Gasteiger partial charge on any atom is -0.394 e. The third-order valence-corrected chi connectivity index (χ3v) is 3.57. The zero-order chi connectivity index (χ0) is 12.0. The van der Waals surface area contributed by atoms with Crippen molar-refractivity contribution in [3.63, 3.8) is 0 Å². The van der Waals surface area contributed by atoms with Crippen LogP contribution in [0.3, 0.4) is 0 Å². The predicted octanol–water partition coefficient (Wildman–Crippen LogP) is 1.61. The summed E-state index contributed by atoms with van der Waals surface area (Å²) in [5.41, 5.74) is -0.0989. The average molecular weight is 228 g/mol. The topological polar surface area (TPSA) is 35.5 Å². The standard InChI is InChI=1S/C13H28N2O/c1-4-9-14-13(3,11-16)8-10-15(5-2)12-6-7-12/h12,14,16H,4-11H2,1-3H3. The zero-order valence-corrected chi connectivity index (χ0v) is 11.1. The van der Waals surface area contributed by atoms with E-state index in [1.807, 2.05) is 0 Å². The molecule has 0 aromatic heterocycles. The van der Waals surface area contributed by atoms with Crippen LogP contribution in [-0.2, 0) is 0 Å². The van der Waals surface area contributed by atoms with E-state index < -0.39 is 0 Å². The monoisotopic (exact) mass is 228 g/mol. The fourth-order valence-corrected chi connectivity index (χ4v) is 2.08. The molecule has 3 nitrogen and oxygen atoms in total. The van der Waals surface area contributed by atoms with E-state index in [2.05, 4.69) is 31.0 Å². The minimum absolute atomic E-state index is 0.0989. The first-order chi connectivity index (χ1) is 7.65. The SMILES string of the molecule is CCCNC(C)(CO)CCN(CC)C1CC1. The molecule has 96 valence electrons. The van der Waals surface area contributed by atoms with Crippen molar-refractivity contribution in [1.29, 1.82) is 0 Å². The van der Waals surface area contributed by atoms with Crippen LogP contribution in [0.5, 0.6) is 0 Å². The van der Waals surface area contributed by atoms with Gasteiger partial charge < -0.3 is 15.3 Å². The lowest BCUT2D eigenvalue weighted by molar-refractivity contribution is 0.144. The van der Waals surface area contributed by atoms with E-state index in [0.717, 1.165) is 38.5 Å². The fourth-order valence-electron chi connectivity index (χ4n) is 2.08. The van der Waals surface area contributed by atoms with E-state index in [-0.39, 0.29) is 12.1 Å². The maximum Gasteiger partial charge on any atom is 0.0611 e. The van der Waals surface area contributed by atoms with Gasteiger partial charge in [-0.1, -0.05) is 13.8 Å². The number of nitrogens with zero attached hydrogens (tertiary/aromatic N) is 1. The fraction of sp³-hybridized carbons (Fsp3) is 1.00. The Labute approximate surface area is 100 Å². The molecule has 1 aliphatic carbocycles. The summed E-state index contributed by atoms with van der Waals surface area (Å²) in [7, 11) is 0. The van der Waals surface area contributed by atoms with Crippen LogP contribution in [0.2, 0.25) is 0 Å². The first kappa shape index (κ1) is 13.9. The van der Waals surface area contributed by atoms with Crippen molar-refractivity contribution >= 4 is 0 Å².